The number of piperazine rings is 1. The van der Waals surface area contributed by atoms with Gasteiger partial charge >= 0.3 is 0 Å². The molecule has 1 aliphatic rings. The molecular formula is C24H25Cl2N3O2S. The van der Waals surface area contributed by atoms with Gasteiger partial charge in [-0.3, -0.25) is 9.69 Å². The smallest absolute Gasteiger partial charge is 0.266 e. The van der Waals surface area contributed by atoms with Crippen molar-refractivity contribution >= 4 is 40.4 Å². The number of hydrogen-bond donors (Lipinski definition) is 0. The summed E-state index contributed by atoms with van der Waals surface area (Å²) in [6.07, 6.45) is 0. The van der Waals surface area contributed by atoms with E-state index < -0.39 is 5.60 Å². The first kappa shape index (κ1) is 23.1. The predicted molar refractivity (Wildman–Crippen MR) is 131 cm³/mol. The quantitative estimate of drug-likeness (QED) is 0.450. The Hall–Kier alpha value is -2.12. The van der Waals surface area contributed by atoms with Crippen molar-refractivity contribution in [2.45, 2.75) is 26.0 Å². The van der Waals surface area contributed by atoms with E-state index in [4.69, 9.17) is 32.9 Å². The lowest BCUT2D eigenvalue weighted by Crippen LogP contribution is -2.55. The van der Waals surface area contributed by atoms with E-state index in [1.165, 1.54) is 0 Å². The molecule has 0 aliphatic carbocycles. The number of carbonyl (C=O) groups is 1. The molecule has 3 aromatic rings. The third-order valence-electron chi connectivity index (χ3n) is 5.39. The van der Waals surface area contributed by atoms with Crippen molar-refractivity contribution < 1.29 is 9.53 Å². The van der Waals surface area contributed by atoms with Crippen LogP contribution in [0.25, 0.3) is 10.6 Å². The van der Waals surface area contributed by atoms with Crippen LogP contribution in [0.15, 0.2) is 53.9 Å². The maximum Gasteiger partial charge on any atom is 0.266 e. The molecule has 2 aromatic carbocycles. The van der Waals surface area contributed by atoms with Gasteiger partial charge in [-0.1, -0.05) is 35.3 Å². The number of nitrogens with zero attached hydrogens (tertiary/aromatic N) is 3. The number of aromatic nitrogens is 1. The van der Waals surface area contributed by atoms with Crippen LogP contribution in [-0.4, -0.2) is 52.5 Å². The normalized spacial score (nSPS) is 15.1. The van der Waals surface area contributed by atoms with Crippen LogP contribution in [0.2, 0.25) is 10.0 Å². The van der Waals surface area contributed by atoms with Gasteiger partial charge in [-0.2, -0.15) is 0 Å². The zero-order chi connectivity index (χ0) is 22.7. The van der Waals surface area contributed by atoms with E-state index in [1.54, 1.807) is 35.6 Å². The van der Waals surface area contributed by atoms with Gasteiger partial charge in [-0.25, -0.2) is 4.98 Å². The first-order chi connectivity index (χ1) is 15.3. The van der Waals surface area contributed by atoms with Crippen molar-refractivity contribution in [1.29, 1.82) is 0 Å². The third-order valence-corrected chi connectivity index (χ3v) is 6.83. The second-order valence-electron chi connectivity index (χ2n) is 8.29. The molecule has 8 heteroatoms. The first-order valence-corrected chi connectivity index (χ1v) is 12.1. The molecule has 32 heavy (non-hydrogen) atoms. The topological polar surface area (TPSA) is 45.7 Å². The number of hydrogen-bond acceptors (Lipinski definition) is 5. The lowest BCUT2D eigenvalue weighted by atomic mass is 10.1. The van der Waals surface area contributed by atoms with E-state index in [0.29, 0.717) is 23.9 Å². The molecule has 5 nitrogen and oxygen atoms in total. The zero-order valence-electron chi connectivity index (χ0n) is 18.1. The Labute approximate surface area is 202 Å². The highest BCUT2D eigenvalue weighted by Gasteiger charge is 2.35. The van der Waals surface area contributed by atoms with Crippen LogP contribution in [0.3, 0.4) is 0 Å². The van der Waals surface area contributed by atoms with Gasteiger partial charge in [-0.05, 0) is 50.2 Å². The molecule has 0 spiro atoms. The van der Waals surface area contributed by atoms with Crippen molar-refractivity contribution in [2.24, 2.45) is 0 Å². The molecule has 4 rings (SSSR count). The van der Waals surface area contributed by atoms with E-state index in [0.717, 1.165) is 40.9 Å². The van der Waals surface area contributed by atoms with E-state index in [2.05, 4.69) is 10.3 Å². The summed E-state index contributed by atoms with van der Waals surface area (Å²) in [5.41, 5.74) is 1.17. The monoisotopic (exact) mass is 489 g/mol. The summed E-state index contributed by atoms with van der Waals surface area (Å²) in [7, 11) is 0. The minimum Gasteiger partial charge on any atom is -0.478 e. The summed E-state index contributed by atoms with van der Waals surface area (Å²) in [6, 6.07) is 14.8. The van der Waals surface area contributed by atoms with Crippen molar-refractivity contribution in [3.8, 4) is 16.3 Å². The van der Waals surface area contributed by atoms with Crippen LogP contribution in [0.4, 0.5) is 0 Å². The number of carbonyl (C=O) groups excluding carboxylic acids is 1. The number of amides is 1. The van der Waals surface area contributed by atoms with Crippen LogP contribution in [0.1, 0.15) is 19.5 Å². The lowest BCUT2D eigenvalue weighted by Gasteiger charge is -2.38. The average molecular weight is 490 g/mol. The molecule has 1 fully saturated rings. The summed E-state index contributed by atoms with van der Waals surface area (Å²) in [5.74, 6) is 0.622. The molecule has 0 atom stereocenters. The fourth-order valence-electron chi connectivity index (χ4n) is 3.66. The average Bonchev–Trinajstić information content (AvgIpc) is 3.24. The Morgan fingerprint density at radius 2 is 1.59 bits per heavy atom. The molecule has 0 saturated carbocycles. The molecule has 1 aromatic heterocycles. The fourth-order valence-corrected chi connectivity index (χ4v) is 4.73. The van der Waals surface area contributed by atoms with Crippen LogP contribution in [-0.2, 0) is 11.3 Å². The number of thiazole rings is 1. The van der Waals surface area contributed by atoms with Gasteiger partial charge < -0.3 is 9.64 Å². The molecule has 1 saturated heterocycles. The number of rotatable bonds is 6. The number of ether oxygens (including phenoxy) is 1. The summed E-state index contributed by atoms with van der Waals surface area (Å²) >= 11 is 13.5. The van der Waals surface area contributed by atoms with E-state index in [-0.39, 0.29) is 5.91 Å². The molecule has 1 aliphatic heterocycles. The third kappa shape index (κ3) is 5.62. The molecule has 0 bridgehead atoms. The van der Waals surface area contributed by atoms with Crippen LogP contribution in [0.5, 0.6) is 5.75 Å². The SMILES string of the molecule is CC(C)(Oc1ccc(Cl)cc1)C(=O)N1CCN(Cc2csc(-c3ccc(Cl)cc3)n2)CC1. The van der Waals surface area contributed by atoms with Gasteiger partial charge in [0.15, 0.2) is 5.60 Å². The number of benzene rings is 2. The van der Waals surface area contributed by atoms with Crippen LogP contribution < -0.4 is 4.74 Å². The molecule has 0 N–H and O–H groups in total. The van der Waals surface area contributed by atoms with Gasteiger partial charge in [-0.15, -0.1) is 11.3 Å². The van der Waals surface area contributed by atoms with Crippen molar-refractivity contribution in [1.82, 2.24) is 14.8 Å². The van der Waals surface area contributed by atoms with Gasteiger partial charge in [0, 0.05) is 53.7 Å². The van der Waals surface area contributed by atoms with E-state index >= 15 is 0 Å². The second-order valence-corrected chi connectivity index (χ2v) is 10.0. The highest BCUT2D eigenvalue weighted by atomic mass is 35.5. The summed E-state index contributed by atoms with van der Waals surface area (Å²) in [4.78, 5) is 22.1. The Bertz CT molecular complexity index is 1060. The molecule has 2 heterocycles. The lowest BCUT2D eigenvalue weighted by molar-refractivity contribution is -0.147. The molecule has 168 valence electrons. The van der Waals surface area contributed by atoms with Gasteiger partial charge in [0.05, 0.1) is 5.69 Å². The molecular weight excluding hydrogens is 465 g/mol. The van der Waals surface area contributed by atoms with E-state index in [1.807, 2.05) is 43.0 Å². The maximum atomic E-state index is 13.1. The molecule has 1 amide bonds. The van der Waals surface area contributed by atoms with Gasteiger partial charge in [0.2, 0.25) is 0 Å². The van der Waals surface area contributed by atoms with Crippen molar-refractivity contribution in [2.75, 3.05) is 26.2 Å². The largest absolute Gasteiger partial charge is 0.478 e. The van der Waals surface area contributed by atoms with Crippen LogP contribution >= 0.6 is 34.5 Å². The Kier molecular flexibility index (Phi) is 7.05. The fraction of sp³-hybridized carbons (Fsp3) is 0.333. The summed E-state index contributed by atoms with van der Waals surface area (Å²) < 4.78 is 5.97. The Morgan fingerprint density at radius 3 is 2.22 bits per heavy atom. The summed E-state index contributed by atoms with van der Waals surface area (Å²) in [5, 5.41) is 4.45. The zero-order valence-corrected chi connectivity index (χ0v) is 20.4. The Balaban J connectivity index is 1.30. The van der Waals surface area contributed by atoms with Crippen molar-refractivity contribution in [3.63, 3.8) is 0 Å². The van der Waals surface area contributed by atoms with E-state index in [9.17, 15) is 4.79 Å². The highest BCUT2D eigenvalue weighted by molar-refractivity contribution is 7.13. The maximum absolute atomic E-state index is 13.1. The van der Waals surface area contributed by atoms with Crippen LogP contribution in [0, 0.1) is 0 Å². The predicted octanol–water partition coefficient (Wildman–Crippen LogP) is 5.62. The molecule has 0 radical (unpaired) electrons. The van der Waals surface area contributed by atoms with Gasteiger partial charge in [0.25, 0.3) is 5.91 Å². The number of halogens is 2. The highest BCUT2D eigenvalue weighted by Crippen LogP contribution is 2.26. The Morgan fingerprint density at radius 1 is 1.00 bits per heavy atom. The molecule has 0 unspecified atom stereocenters. The minimum atomic E-state index is -0.946. The van der Waals surface area contributed by atoms with Crippen molar-refractivity contribution in [3.05, 3.63) is 69.7 Å². The minimum absolute atomic E-state index is 0.00853. The van der Waals surface area contributed by atoms with Gasteiger partial charge in [0.1, 0.15) is 10.8 Å². The summed E-state index contributed by atoms with van der Waals surface area (Å²) in [6.45, 7) is 7.33. The first-order valence-electron chi connectivity index (χ1n) is 10.5. The standard InChI is InChI=1S/C24H25Cl2N3O2S/c1-24(2,31-21-9-7-19(26)8-10-21)23(30)29-13-11-28(12-14-29)15-20-16-32-22(27-20)17-3-5-18(25)6-4-17/h3-10,16H,11-15H2,1-2H3. The second kappa shape index (κ2) is 9.79.